The third kappa shape index (κ3) is 3.10. The lowest BCUT2D eigenvalue weighted by atomic mass is 9.95. The number of piperidine rings is 1. The monoisotopic (exact) mass is 284 g/mol. The van der Waals surface area contributed by atoms with Crippen molar-refractivity contribution in [1.29, 1.82) is 0 Å². The van der Waals surface area contributed by atoms with Crippen LogP contribution in [-0.4, -0.2) is 36.3 Å². The van der Waals surface area contributed by atoms with E-state index < -0.39 is 0 Å². The van der Waals surface area contributed by atoms with Crippen molar-refractivity contribution in [3.05, 3.63) is 23.1 Å². The molecule has 1 aromatic rings. The fraction of sp³-hybridized carbons (Fsp3) is 0.538. The Morgan fingerprint density at radius 3 is 2.68 bits per heavy atom. The summed E-state index contributed by atoms with van der Waals surface area (Å²) in [7, 11) is 0. The first-order chi connectivity index (χ1) is 9.13. The zero-order valence-corrected chi connectivity index (χ0v) is 11.6. The Morgan fingerprint density at radius 1 is 1.47 bits per heavy atom. The molecule has 2 amide bonds. The fourth-order valence-electron chi connectivity index (χ4n) is 2.28. The van der Waals surface area contributed by atoms with Crippen LogP contribution in [-0.2, 0) is 4.79 Å². The van der Waals surface area contributed by atoms with Crippen LogP contribution in [0.4, 0.5) is 0 Å². The summed E-state index contributed by atoms with van der Waals surface area (Å²) in [4.78, 5) is 25.6. The second-order valence-electron chi connectivity index (χ2n) is 4.57. The quantitative estimate of drug-likeness (QED) is 0.922. The van der Waals surface area contributed by atoms with Crippen molar-refractivity contribution in [3.63, 3.8) is 0 Å². The number of carbonyl (C=O) groups is 2. The summed E-state index contributed by atoms with van der Waals surface area (Å²) >= 11 is 5.80. The summed E-state index contributed by atoms with van der Waals surface area (Å²) in [6.45, 7) is 3.68. The average Bonchev–Trinajstić information content (AvgIpc) is 2.84. The molecule has 1 aliphatic rings. The van der Waals surface area contributed by atoms with Gasteiger partial charge in [-0.2, -0.15) is 0 Å². The predicted octanol–water partition coefficient (Wildman–Crippen LogP) is 1.92. The van der Waals surface area contributed by atoms with Gasteiger partial charge in [0.05, 0.1) is 11.8 Å². The van der Waals surface area contributed by atoms with E-state index in [0.29, 0.717) is 38.0 Å². The molecule has 2 rings (SSSR count). The van der Waals surface area contributed by atoms with Crippen molar-refractivity contribution in [2.24, 2.45) is 5.92 Å². The van der Waals surface area contributed by atoms with Gasteiger partial charge in [0.1, 0.15) is 0 Å². The van der Waals surface area contributed by atoms with Crippen LogP contribution in [0.1, 0.15) is 30.1 Å². The highest BCUT2D eigenvalue weighted by molar-refractivity contribution is 6.32. The molecule has 1 aliphatic heterocycles. The highest BCUT2D eigenvalue weighted by Gasteiger charge is 2.28. The number of halogens is 1. The first-order valence-electron chi connectivity index (χ1n) is 6.43. The van der Waals surface area contributed by atoms with Crippen LogP contribution in [0.5, 0.6) is 0 Å². The third-order valence-corrected chi connectivity index (χ3v) is 3.65. The minimum absolute atomic E-state index is 0.00354. The maximum absolute atomic E-state index is 12.2. The van der Waals surface area contributed by atoms with Crippen LogP contribution >= 0.6 is 11.6 Å². The highest BCUT2D eigenvalue weighted by Crippen LogP contribution is 2.23. The SMILES string of the molecule is CCNC(=O)C1CCN(C(=O)c2ccoc2Cl)CC1. The van der Waals surface area contributed by atoms with Gasteiger partial charge in [-0.05, 0) is 37.4 Å². The predicted molar refractivity (Wildman–Crippen MR) is 71.0 cm³/mol. The Kier molecular flexibility index (Phi) is 4.47. The van der Waals surface area contributed by atoms with Crippen molar-refractivity contribution in [1.82, 2.24) is 10.2 Å². The fourth-order valence-corrected chi connectivity index (χ4v) is 2.48. The van der Waals surface area contributed by atoms with Crippen molar-refractivity contribution in [2.75, 3.05) is 19.6 Å². The Labute approximate surface area is 116 Å². The number of nitrogens with zero attached hydrogens (tertiary/aromatic N) is 1. The molecule has 0 unspecified atom stereocenters. The zero-order valence-electron chi connectivity index (χ0n) is 10.8. The number of hydrogen-bond donors (Lipinski definition) is 1. The average molecular weight is 285 g/mol. The second kappa shape index (κ2) is 6.10. The largest absolute Gasteiger partial charge is 0.452 e. The molecule has 2 heterocycles. The number of rotatable bonds is 3. The van der Waals surface area contributed by atoms with Crippen LogP contribution in [0, 0.1) is 5.92 Å². The molecule has 0 aliphatic carbocycles. The van der Waals surface area contributed by atoms with Crippen molar-refractivity contribution >= 4 is 23.4 Å². The number of carbonyl (C=O) groups excluding carboxylic acids is 2. The van der Waals surface area contributed by atoms with E-state index in [1.54, 1.807) is 11.0 Å². The molecule has 1 fully saturated rings. The third-order valence-electron chi connectivity index (χ3n) is 3.35. The van der Waals surface area contributed by atoms with Crippen molar-refractivity contribution < 1.29 is 14.0 Å². The van der Waals surface area contributed by atoms with E-state index >= 15 is 0 Å². The van der Waals surface area contributed by atoms with Crippen LogP contribution in [0.15, 0.2) is 16.7 Å². The summed E-state index contributed by atoms with van der Waals surface area (Å²) in [5.41, 5.74) is 0.387. The van der Waals surface area contributed by atoms with E-state index in [4.69, 9.17) is 16.0 Å². The molecule has 6 heteroatoms. The van der Waals surface area contributed by atoms with Gasteiger partial charge in [-0.1, -0.05) is 0 Å². The van der Waals surface area contributed by atoms with Crippen LogP contribution < -0.4 is 5.32 Å². The van der Waals surface area contributed by atoms with E-state index in [1.165, 1.54) is 6.26 Å². The summed E-state index contributed by atoms with van der Waals surface area (Å²) in [5, 5.41) is 2.94. The molecule has 0 atom stereocenters. The molecule has 19 heavy (non-hydrogen) atoms. The molecule has 0 saturated carbocycles. The number of nitrogens with one attached hydrogen (secondary N) is 1. The Hall–Kier alpha value is -1.49. The lowest BCUT2D eigenvalue weighted by Gasteiger charge is -2.31. The topological polar surface area (TPSA) is 62.6 Å². The maximum atomic E-state index is 12.2. The number of amides is 2. The summed E-state index contributed by atoms with van der Waals surface area (Å²) < 4.78 is 4.92. The molecule has 1 N–H and O–H groups in total. The van der Waals surface area contributed by atoms with E-state index in [2.05, 4.69) is 5.32 Å². The van der Waals surface area contributed by atoms with Gasteiger partial charge in [-0.15, -0.1) is 0 Å². The normalized spacial score (nSPS) is 16.4. The molecule has 0 spiro atoms. The van der Waals surface area contributed by atoms with Gasteiger partial charge in [0.15, 0.2) is 0 Å². The van der Waals surface area contributed by atoms with Crippen molar-refractivity contribution in [3.8, 4) is 0 Å². The van der Waals surface area contributed by atoms with E-state index in [-0.39, 0.29) is 23.0 Å². The molecule has 1 saturated heterocycles. The summed E-state index contributed by atoms with van der Waals surface area (Å²) in [5.74, 6) is -0.0483. The van der Waals surface area contributed by atoms with Crippen LogP contribution in [0.3, 0.4) is 0 Å². The maximum Gasteiger partial charge on any atom is 0.258 e. The molecule has 5 nitrogen and oxygen atoms in total. The van der Waals surface area contributed by atoms with Gasteiger partial charge in [-0.25, -0.2) is 0 Å². The molecule has 104 valence electrons. The minimum atomic E-state index is -0.131. The second-order valence-corrected chi connectivity index (χ2v) is 4.91. The van der Waals surface area contributed by atoms with Gasteiger partial charge >= 0.3 is 0 Å². The smallest absolute Gasteiger partial charge is 0.258 e. The van der Waals surface area contributed by atoms with Crippen molar-refractivity contribution in [2.45, 2.75) is 19.8 Å². The molecule has 1 aromatic heterocycles. The van der Waals surface area contributed by atoms with E-state index in [1.807, 2.05) is 6.92 Å². The first kappa shape index (κ1) is 13.9. The Bertz CT molecular complexity index is 464. The Morgan fingerprint density at radius 2 is 2.16 bits per heavy atom. The lowest BCUT2D eigenvalue weighted by Crippen LogP contribution is -2.43. The van der Waals surface area contributed by atoms with Crippen LogP contribution in [0.25, 0.3) is 0 Å². The van der Waals surface area contributed by atoms with Gasteiger partial charge < -0.3 is 14.6 Å². The minimum Gasteiger partial charge on any atom is -0.452 e. The van der Waals surface area contributed by atoms with Gasteiger partial charge in [0.25, 0.3) is 5.91 Å². The standard InChI is InChI=1S/C13H17ClN2O3/c1-2-15-12(17)9-3-6-16(7-4-9)13(18)10-5-8-19-11(10)14/h5,8-9H,2-4,6-7H2,1H3,(H,15,17). The zero-order chi connectivity index (χ0) is 13.8. The molecule has 0 radical (unpaired) electrons. The highest BCUT2D eigenvalue weighted by atomic mass is 35.5. The first-order valence-corrected chi connectivity index (χ1v) is 6.81. The molecule has 0 bridgehead atoms. The molecule has 0 aromatic carbocycles. The molecular weight excluding hydrogens is 268 g/mol. The van der Waals surface area contributed by atoms with E-state index in [9.17, 15) is 9.59 Å². The van der Waals surface area contributed by atoms with Crippen LogP contribution in [0.2, 0.25) is 5.22 Å². The number of likely N-dealkylation sites (tertiary alicyclic amines) is 1. The summed E-state index contributed by atoms with van der Waals surface area (Å²) in [6.07, 6.45) is 2.77. The lowest BCUT2D eigenvalue weighted by molar-refractivity contribution is -0.126. The van der Waals surface area contributed by atoms with Gasteiger partial charge in [0.2, 0.25) is 11.1 Å². The molecular formula is C13H17ClN2O3. The number of hydrogen-bond acceptors (Lipinski definition) is 3. The van der Waals surface area contributed by atoms with E-state index in [0.717, 1.165) is 0 Å². The number of furan rings is 1. The van der Waals surface area contributed by atoms with Gasteiger partial charge in [0, 0.05) is 25.6 Å². The van der Waals surface area contributed by atoms with Gasteiger partial charge in [-0.3, -0.25) is 9.59 Å². The Balaban J connectivity index is 1.92. The summed E-state index contributed by atoms with van der Waals surface area (Å²) in [6, 6.07) is 1.57.